The zero-order valence-corrected chi connectivity index (χ0v) is 12.5. The van der Waals surface area contributed by atoms with Crippen molar-refractivity contribution in [2.24, 2.45) is 5.92 Å². The summed E-state index contributed by atoms with van der Waals surface area (Å²) in [5.41, 5.74) is 1.03. The maximum atomic E-state index is 5.55. The van der Waals surface area contributed by atoms with E-state index in [1.807, 2.05) is 26.0 Å². The van der Waals surface area contributed by atoms with Gasteiger partial charge in [-0.15, -0.1) is 0 Å². The van der Waals surface area contributed by atoms with Gasteiger partial charge in [-0.1, -0.05) is 13.8 Å². The van der Waals surface area contributed by atoms with Gasteiger partial charge in [-0.2, -0.15) is 0 Å². The Labute approximate surface area is 116 Å². The van der Waals surface area contributed by atoms with Gasteiger partial charge in [0.25, 0.3) is 0 Å². The second-order valence-corrected chi connectivity index (χ2v) is 5.28. The largest absolute Gasteiger partial charge is 0.490 e. The summed E-state index contributed by atoms with van der Waals surface area (Å²) in [4.78, 5) is 4.36. The number of ether oxygens (including phenoxy) is 2. The highest BCUT2D eigenvalue weighted by Gasteiger charge is 1.99. The van der Waals surface area contributed by atoms with Crippen LogP contribution in [0.3, 0.4) is 0 Å². The molecule has 0 unspecified atom stereocenters. The Morgan fingerprint density at radius 2 is 1.95 bits per heavy atom. The topological polar surface area (TPSA) is 43.4 Å². The van der Waals surface area contributed by atoms with Gasteiger partial charge in [0.1, 0.15) is 12.4 Å². The fourth-order valence-electron chi connectivity index (χ4n) is 1.53. The van der Waals surface area contributed by atoms with Crippen molar-refractivity contribution in [3.63, 3.8) is 0 Å². The first-order valence-electron chi connectivity index (χ1n) is 6.98. The minimum absolute atomic E-state index is 0.246. The smallest absolute Gasteiger partial charge is 0.137 e. The Kier molecular flexibility index (Phi) is 7.45. The summed E-state index contributed by atoms with van der Waals surface area (Å²) in [5.74, 6) is 1.45. The van der Waals surface area contributed by atoms with Crippen molar-refractivity contribution in [3.8, 4) is 5.75 Å². The molecule has 0 amide bonds. The molecule has 1 aromatic heterocycles. The van der Waals surface area contributed by atoms with Gasteiger partial charge >= 0.3 is 0 Å². The van der Waals surface area contributed by atoms with E-state index < -0.39 is 0 Å². The van der Waals surface area contributed by atoms with E-state index in [-0.39, 0.29) is 6.10 Å². The highest BCUT2D eigenvalue weighted by molar-refractivity contribution is 5.19. The zero-order valence-electron chi connectivity index (χ0n) is 12.5. The molecule has 19 heavy (non-hydrogen) atoms. The Balaban J connectivity index is 2.23. The molecule has 0 saturated heterocycles. The van der Waals surface area contributed by atoms with E-state index in [0.717, 1.165) is 24.5 Å². The van der Waals surface area contributed by atoms with E-state index in [9.17, 15) is 0 Å². The second-order valence-electron chi connectivity index (χ2n) is 5.28. The first-order valence-corrected chi connectivity index (χ1v) is 6.98. The van der Waals surface area contributed by atoms with Gasteiger partial charge in [0, 0.05) is 6.54 Å². The predicted molar refractivity (Wildman–Crippen MR) is 77.4 cm³/mol. The quantitative estimate of drug-likeness (QED) is 0.698. The van der Waals surface area contributed by atoms with Crippen LogP contribution in [0.25, 0.3) is 0 Å². The SMILES string of the molecule is CC(C)CNCc1ccc(OCCOC(C)C)cn1. The molecule has 0 aromatic carbocycles. The van der Waals surface area contributed by atoms with Crippen LogP contribution in [0.2, 0.25) is 0 Å². The molecule has 1 N–H and O–H groups in total. The van der Waals surface area contributed by atoms with Gasteiger partial charge in [0.15, 0.2) is 0 Å². The van der Waals surface area contributed by atoms with Crippen molar-refractivity contribution in [1.29, 1.82) is 0 Å². The van der Waals surface area contributed by atoms with Crippen molar-refractivity contribution in [3.05, 3.63) is 24.0 Å². The molecule has 1 aromatic rings. The monoisotopic (exact) mass is 266 g/mol. The third-order valence-electron chi connectivity index (χ3n) is 2.46. The highest BCUT2D eigenvalue weighted by atomic mass is 16.5. The van der Waals surface area contributed by atoms with Gasteiger partial charge in [0.2, 0.25) is 0 Å². The van der Waals surface area contributed by atoms with Crippen LogP contribution in [-0.4, -0.2) is 30.8 Å². The molecule has 0 saturated carbocycles. The minimum atomic E-state index is 0.246. The van der Waals surface area contributed by atoms with Crippen molar-refractivity contribution in [1.82, 2.24) is 10.3 Å². The lowest BCUT2D eigenvalue weighted by molar-refractivity contribution is 0.0552. The zero-order chi connectivity index (χ0) is 14.1. The molecule has 0 aliphatic heterocycles. The fourth-order valence-corrected chi connectivity index (χ4v) is 1.53. The Morgan fingerprint density at radius 3 is 2.53 bits per heavy atom. The number of nitrogens with one attached hydrogen (secondary N) is 1. The normalized spacial score (nSPS) is 11.3. The maximum absolute atomic E-state index is 5.55. The summed E-state index contributed by atoms with van der Waals surface area (Å²) < 4.78 is 11.0. The Bertz CT molecular complexity index is 337. The summed E-state index contributed by atoms with van der Waals surface area (Å²) in [6, 6.07) is 3.95. The standard InChI is InChI=1S/C15H26N2O2/c1-12(2)9-16-10-14-5-6-15(11-17-14)19-8-7-18-13(3)4/h5-6,11-13,16H,7-10H2,1-4H3. The lowest BCUT2D eigenvalue weighted by Crippen LogP contribution is -2.19. The van der Waals surface area contributed by atoms with Crippen LogP contribution in [0.4, 0.5) is 0 Å². The first-order chi connectivity index (χ1) is 9.08. The number of aromatic nitrogens is 1. The molecule has 4 nitrogen and oxygen atoms in total. The molecule has 0 spiro atoms. The summed E-state index contributed by atoms with van der Waals surface area (Å²) in [7, 11) is 0. The second kappa shape index (κ2) is 8.88. The predicted octanol–water partition coefficient (Wildman–Crippen LogP) is 2.63. The van der Waals surface area contributed by atoms with E-state index in [2.05, 4.69) is 24.1 Å². The van der Waals surface area contributed by atoms with E-state index >= 15 is 0 Å². The van der Waals surface area contributed by atoms with Gasteiger partial charge in [-0.3, -0.25) is 4.98 Å². The summed E-state index contributed by atoms with van der Waals surface area (Å²) in [5, 5.41) is 3.36. The maximum Gasteiger partial charge on any atom is 0.137 e. The molecule has 0 fully saturated rings. The molecular weight excluding hydrogens is 240 g/mol. The number of nitrogens with zero attached hydrogens (tertiary/aromatic N) is 1. The number of hydrogen-bond acceptors (Lipinski definition) is 4. The van der Waals surface area contributed by atoms with Crippen LogP contribution in [0.1, 0.15) is 33.4 Å². The lowest BCUT2D eigenvalue weighted by atomic mass is 10.2. The van der Waals surface area contributed by atoms with E-state index in [0.29, 0.717) is 19.1 Å². The van der Waals surface area contributed by atoms with Crippen molar-refractivity contribution in [2.45, 2.75) is 40.3 Å². The molecule has 0 bridgehead atoms. The van der Waals surface area contributed by atoms with Crippen molar-refractivity contribution in [2.75, 3.05) is 19.8 Å². The van der Waals surface area contributed by atoms with Crippen LogP contribution in [0.5, 0.6) is 5.75 Å². The molecule has 0 radical (unpaired) electrons. The Hall–Kier alpha value is -1.13. The van der Waals surface area contributed by atoms with Crippen LogP contribution in [-0.2, 0) is 11.3 Å². The highest BCUT2D eigenvalue weighted by Crippen LogP contribution is 2.09. The van der Waals surface area contributed by atoms with Gasteiger partial charge < -0.3 is 14.8 Å². The summed E-state index contributed by atoms with van der Waals surface area (Å²) in [6.07, 6.45) is 2.01. The molecular formula is C15H26N2O2. The third kappa shape index (κ3) is 7.80. The van der Waals surface area contributed by atoms with E-state index in [1.54, 1.807) is 6.20 Å². The molecule has 0 aliphatic rings. The van der Waals surface area contributed by atoms with Crippen LogP contribution in [0.15, 0.2) is 18.3 Å². The lowest BCUT2D eigenvalue weighted by Gasteiger charge is -2.10. The molecule has 108 valence electrons. The molecule has 1 heterocycles. The summed E-state index contributed by atoms with van der Waals surface area (Å²) in [6.45, 7) is 11.4. The fraction of sp³-hybridized carbons (Fsp3) is 0.667. The van der Waals surface area contributed by atoms with Crippen LogP contribution in [0, 0.1) is 5.92 Å². The average molecular weight is 266 g/mol. The van der Waals surface area contributed by atoms with E-state index in [4.69, 9.17) is 9.47 Å². The third-order valence-corrected chi connectivity index (χ3v) is 2.46. The van der Waals surface area contributed by atoms with Gasteiger partial charge in [-0.05, 0) is 38.4 Å². The van der Waals surface area contributed by atoms with E-state index in [1.165, 1.54) is 0 Å². The van der Waals surface area contributed by atoms with Crippen LogP contribution < -0.4 is 10.1 Å². The minimum Gasteiger partial charge on any atom is -0.490 e. The van der Waals surface area contributed by atoms with Crippen molar-refractivity contribution < 1.29 is 9.47 Å². The number of pyridine rings is 1. The molecule has 0 aliphatic carbocycles. The summed E-state index contributed by atoms with van der Waals surface area (Å²) >= 11 is 0. The molecule has 0 atom stereocenters. The van der Waals surface area contributed by atoms with Gasteiger partial charge in [0.05, 0.1) is 24.6 Å². The van der Waals surface area contributed by atoms with Crippen molar-refractivity contribution >= 4 is 0 Å². The molecule has 4 heteroatoms. The number of rotatable bonds is 9. The average Bonchev–Trinajstić information content (AvgIpc) is 2.36. The first kappa shape index (κ1) is 15.9. The molecule has 1 rings (SSSR count). The van der Waals surface area contributed by atoms with Crippen LogP contribution >= 0.6 is 0 Å². The Morgan fingerprint density at radius 1 is 1.16 bits per heavy atom. The number of hydrogen-bond donors (Lipinski definition) is 1. The van der Waals surface area contributed by atoms with Gasteiger partial charge in [-0.25, -0.2) is 0 Å².